The summed E-state index contributed by atoms with van der Waals surface area (Å²) in [6.45, 7) is 10.6. The Morgan fingerprint density at radius 3 is 1.76 bits per heavy atom. The Labute approximate surface area is 242 Å². The van der Waals surface area contributed by atoms with Crippen molar-refractivity contribution >= 4 is 11.9 Å². The lowest BCUT2D eigenvalue weighted by molar-refractivity contribution is -0.144. The van der Waals surface area contributed by atoms with E-state index in [4.69, 9.17) is 34.2 Å². The molecule has 4 rings (SSSR count). The first-order valence-corrected chi connectivity index (χ1v) is 14.0. The molecule has 9 nitrogen and oxygen atoms in total. The number of nitriles is 2. The fraction of sp³-hybridized carbons (Fsp3) is 0.500. The lowest BCUT2D eigenvalue weighted by atomic mass is 10.0. The van der Waals surface area contributed by atoms with Crippen molar-refractivity contribution in [3.8, 4) is 17.9 Å². The Bertz CT molecular complexity index is 1210. The van der Waals surface area contributed by atoms with E-state index in [9.17, 15) is 9.59 Å². The predicted molar refractivity (Wildman–Crippen MR) is 152 cm³/mol. The lowest BCUT2D eigenvalue weighted by Crippen LogP contribution is -2.07. The topological polar surface area (TPSA) is 134 Å². The Balaban J connectivity index is 0.000000249. The van der Waals surface area contributed by atoms with Gasteiger partial charge >= 0.3 is 11.9 Å². The molecular weight excluding hydrogens is 524 g/mol. The molecule has 0 bridgehead atoms. The van der Waals surface area contributed by atoms with Gasteiger partial charge in [0.15, 0.2) is 0 Å². The highest BCUT2D eigenvalue weighted by atomic mass is 16.6. The maximum Gasteiger partial charge on any atom is 0.306 e. The maximum absolute atomic E-state index is 11.3. The Kier molecular flexibility index (Phi) is 15.0. The summed E-state index contributed by atoms with van der Waals surface area (Å²) in [4.78, 5) is 22.5. The summed E-state index contributed by atoms with van der Waals surface area (Å²) in [6, 6.07) is 15.2. The third-order valence-electron chi connectivity index (χ3n) is 6.11. The number of hydrogen-bond acceptors (Lipinski definition) is 9. The van der Waals surface area contributed by atoms with Crippen LogP contribution < -0.4 is 4.74 Å². The first kappa shape index (κ1) is 33.3. The first-order chi connectivity index (χ1) is 19.8. The molecule has 0 radical (unpaired) electrons. The second-order valence-corrected chi connectivity index (χ2v) is 9.44. The highest BCUT2D eigenvalue weighted by Gasteiger charge is 2.23. The van der Waals surface area contributed by atoms with Gasteiger partial charge in [-0.05, 0) is 74.9 Å². The third kappa shape index (κ3) is 13.8. The molecule has 0 aliphatic carbocycles. The van der Waals surface area contributed by atoms with Crippen molar-refractivity contribution in [2.75, 3.05) is 33.0 Å². The van der Waals surface area contributed by atoms with Crippen LogP contribution in [0.4, 0.5) is 0 Å². The van der Waals surface area contributed by atoms with Crippen LogP contribution in [0.3, 0.4) is 0 Å². The van der Waals surface area contributed by atoms with Crippen LogP contribution in [0.2, 0.25) is 0 Å². The summed E-state index contributed by atoms with van der Waals surface area (Å²) < 4.78 is 25.2. The van der Waals surface area contributed by atoms with Crippen LogP contribution >= 0.6 is 0 Å². The van der Waals surface area contributed by atoms with E-state index in [2.05, 4.69) is 19.1 Å². The normalized spacial score (nSPS) is 15.9. The molecule has 0 unspecified atom stereocenters. The van der Waals surface area contributed by atoms with Crippen LogP contribution in [0.1, 0.15) is 67.9 Å². The first-order valence-electron chi connectivity index (χ1n) is 14.0. The molecule has 2 aliphatic heterocycles. The highest BCUT2D eigenvalue weighted by molar-refractivity contribution is 5.70. The average molecular weight is 565 g/mol. The molecule has 0 aromatic heterocycles. The average Bonchev–Trinajstić information content (AvgIpc) is 3.90. The Hall–Kier alpha value is -3.92. The summed E-state index contributed by atoms with van der Waals surface area (Å²) >= 11 is 0. The molecule has 0 spiro atoms. The van der Waals surface area contributed by atoms with Crippen molar-refractivity contribution in [2.45, 2.75) is 72.0 Å². The van der Waals surface area contributed by atoms with Gasteiger partial charge in [0.2, 0.25) is 0 Å². The minimum absolute atomic E-state index is 0.143. The second kappa shape index (κ2) is 18.4. The highest BCUT2D eigenvalue weighted by Crippen LogP contribution is 2.22. The Morgan fingerprint density at radius 2 is 1.34 bits per heavy atom. The molecule has 220 valence electrons. The quantitative estimate of drug-likeness (QED) is 0.258. The molecule has 2 aliphatic rings. The standard InChI is InChI=1S/C15H17NO4.C13H15NO2.C4H8O/c1-2-18-15(17)6-4-11-3-5-12(8-16)14(7-11)20-10-13-9-19-13;1-3-16-13(15)7-5-11-4-6-12(9-14)10(2)8-11;1-2-4-3-5-4/h3,5,7,13H,2,4,6,9-10H2,1H3;4,6,8H,3,5,7H2,1-2H3;4H,2-3H2,1H3/t13-;;4-/m1.0/s1. The zero-order valence-electron chi connectivity index (χ0n) is 24.4. The molecule has 9 heteroatoms. The number of aryl methyl sites for hydroxylation is 3. The maximum atomic E-state index is 11.3. The van der Waals surface area contributed by atoms with Crippen molar-refractivity contribution < 1.29 is 33.3 Å². The van der Waals surface area contributed by atoms with E-state index < -0.39 is 0 Å². The van der Waals surface area contributed by atoms with E-state index in [1.165, 1.54) is 6.42 Å². The minimum Gasteiger partial charge on any atom is -0.489 e. The molecule has 2 atom stereocenters. The Morgan fingerprint density at radius 1 is 0.829 bits per heavy atom. The molecule has 0 amide bonds. The zero-order chi connectivity index (χ0) is 30.0. The number of ether oxygens (including phenoxy) is 5. The van der Waals surface area contributed by atoms with Crippen LogP contribution in [-0.2, 0) is 41.4 Å². The third-order valence-corrected chi connectivity index (χ3v) is 6.11. The van der Waals surface area contributed by atoms with Gasteiger partial charge in [-0.25, -0.2) is 0 Å². The summed E-state index contributed by atoms with van der Waals surface area (Å²) in [7, 11) is 0. The number of epoxide rings is 2. The molecule has 2 aromatic carbocycles. The van der Waals surface area contributed by atoms with E-state index >= 15 is 0 Å². The van der Waals surface area contributed by atoms with Gasteiger partial charge < -0.3 is 23.7 Å². The number of esters is 2. The van der Waals surface area contributed by atoms with Gasteiger partial charge in [0.1, 0.15) is 24.5 Å². The second-order valence-electron chi connectivity index (χ2n) is 9.44. The fourth-order valence-electron chi connectivity index (χ4n) is 3.55. The minimum atomic E-state index is -0.217. The van der Waals surface area contributed by atoms with E-state index in [1.807, 2.05) is 25.1 Å². The van der Waals surface area contributed by atoms with Gasteiger partial charge in [0.25, 0.3) is 0 Å². The van der Waals surface area contributed by atoms with E-state index in [-0.39, 0.29) is 18.0 Å². The van der Waals surface area contributed by atoms with Crippen LogP contribution in [-0.4, -0.2) is 57.2 Å². The van der Waals surface area contributed by atoms with Gasteiger partial charge in [0.05, 0.1) is 49.7 Å². The summed E-state index contributed by atoms with van der Waals surface area (Å²) in [5.74, 6) is 0.152. The lowest BCUT2D eigenvalue weighted by Gasteiger charge is -2.09. The van der Waals surface area contributed by atoms with Gasteiger partial charge in [-0.15, -0.1) is 0 Å². The van der Waals surface area contributed by atoms with E-state index in [0.717, 1.165) is 23.3 Å². The summed E-state index contributed by atoms with van der Waals surface area (Å²) in [5.41, 5.74) is 4.13. The molecular formula is C32H40N2O7. The number of nitrogens with zero attached hydrogens (tertiary/aromatic N) is 2. The van der Waals surface area contributed by atoms with Gasteiger partial charge in [-0.1, -0.05) is 25.1 Å². The molecule has 2 aromatic rings. The van der Waals surface area contributed by atoms with E-state index in [0.29, 0.717) is 75.1 Å². The van der Waals surface area contributed by atoms with Crippen molar-refractivity contribution in [3.63, 3.8) is 0 Å². The van der Waals surface area contributed by atoms with Crippen LogP contribution in [0, 0.1) is 29.6 Å². The van der Waals surface area contributed by atoms with Crippen molar-refractivity contribution in [1.29, 1.82) is 10.5 Å². The number of rotatable bonds is 12. The number of benzene rings is 2. The van der Waals surface area contributed by atoms with Gasteiger partial charge in [-0.2, -0.15) is 10.5 Å². The van der Waals surface area contributed by atoms with Crippen LogP contribution in [0.5, 0.6) is 5.75 Å². The van der Waals surface area contributed by atoms with Gasteiger partial charge in [-0.3, -0.25) is 9.59 Å². The molecule has 2 saturated heterocycles. The summed E-state index contributed by atoms with van der Waals surface area (Å²) in [6.07, 6.45) is 3.91. The van der Waals surface area contributed by atoms with Crippen LogP contribution in [0.25, 0.3) is 0 Å². The fourth-order valence-corrected chi connectivity index (χ4v) is 3.55. The smallest absolute Gasteiger partial charge is 0.306 e. The number of hydrogen-bond donors (Lipinski definition) is 0. The predicted octanol–water partition coefficient (Wildman–Crippen LogP) is 4.99. The molecule has 2 heterocycles. The number of carbonyl (C=O) groups excluding carboxylic acids is 2. The number of carbonyl (C=O) groups is 2. The largest absolute Gasteiger partial charge is 0.489 e. The monoisotopic (exact) mass is 564 g/mol. The SMILES string of the molecule is CCOC(=O)CCc1ccc(C#N)c(C)c1.CCOC(=O)CCc1ccc(C#N)c(OC[C@H]2CO2)c1.CC[C@H]1CO1. The zero-order valence-corrected chi connectivity index (χ0v) is 24.4. The van der Waals surface area contributed by atoms with Crippen molar-refractivity contribution in [1.82, 2.24) is 0 Å². The molecule has 0 saturated carbocycles. The van der Waals surface area contributed by atoms with Crippen molar-refractivity contribution in [2.24, 2.45) is 0 Å². The van der Waals surface area contributed by atoms with Crippen molar-refractivity contribution in [3.05, 3.63) is 64.2 Å². The molecule has 0 N–H and O–H groups in total. The summed E-state index contributed by atoms with van der Waals surface area (Å²) in [5, 5.41) is 17.8. The molecule has 41 heavy (non-hydrogen) atoms. The molecule has 2 fully saturated rings. The van der Waals surface area contributed by atoms with E-state index in [1.54, 1.807) is 32.0 Å². The van der Waals surface area contributed by atoms with Crippen LogP contribution in [0.15, 0.2) is 36.4 Å². The van der Waals surface area contributed by atoms with Gasteiger partial charge in [0, 0.05) is 12.8 Å².